The quantitative estimate of drug-likeness (QED) is 0.188. The molecule has 12 heteroatoms. The number of hydrogen-bond acceptors (Lipinski definition) is 7. The summed E-state index contributed by atoms with van der Waals surface area (Å²) in [5.41, 5.74) is 7.04. The number of amides is 5. The van der Waals surface area contributed by atoms with Gasteiger partial charge in [-0.2, -0.15) is 0 Å². The Hall–Kier alpha value is -4.32. The fraction of sp³-hybridized carbons (Fsp3) is 0.448. The van der Waals surface area contributed by atoms with Crippen LogP contribution in [-0.4, -0.2) is 61.3 Å². The molecule has 0 aliphatic heterocycles. The molecule has 0 aliphatic rings. The number of nitrogens with one attached hydrogen (secondary N) is 4. The fourth-order valence-electron chi connectivity index (χ4n) is 4.01. The van der Waals surface area contributed by atoms with E-state index in [1.807, 2.05) is 13.8 Å². The van der Waals surface area contributed by atoms with Crippen molar-refractivity contribution < 1.29 is 33.8 Å². The zero-order chi connectivity index (χ0) is 30.5. The predicted octanol–water partition coefficient (Wildman–Crippen LogP) is 1.59. The molecular formula is C29H41N5O7. The van der Waals surface area contributed by atoms with Crippen LogP contribution in [-0.2, 0) is 22.7 Å². The summed E-state index contributed by atoms with van der Waals surface area (Å²) in [6.07, 6.45) is -0.911. The highest BCUT2D eigenvalue weighted by molar-refractivity contribution is 5.92. The van der Waals surface area contributed by atoms with Crippen molar-refractivity contribution in [2.24, 2.45) is 11.7 Å². The Balaban J connectivity index is 1.97. The van der Waals surface area contributed by atoms with Crippen LogP contribution in [0.5, 0.6) is 11.5 Å². The Kier molecular flexibility index (Phi) is 12.9. The Bertz CT molecular complexity index is 1160. The van der Waals surface area contributed by atoms with Gasteiger partial charge in [0.2, 0.25) is 11.8 Å². The number of hydrogen-bond donors (Lipinski definition) is 6. The average molecular weight is 572 g/mol. The van der Waals surface area contributed by atoms with Crippen molar-refractivity contribution >= 4 is 23.8 Å². The standard InChI is InChI=1S/C29H41N5O7/c1-6-23(25(35)28(38)31-16-19-12-21(40-4)14-22(13-19)41-5)33-27(37)24(11-17(2)3)34-29(39)32-15-18-7-9-20(10-8-18)26(30)36/h7-10,12-14,17,23-25,35H,6,11,15-16H2,1-5H3,(H2,30,36)(H,31,38)(H,33,37)(H2,32,34,39)/t23?,24-,25?/m0/s1. The molecule has 2 aromatic rings. The third kappa shape index (κ3) is 10.6. The second-order valence-corrected chi connectivity index (χ2v) is 9.98. The summed E-state index contributed by atoms with van der Waals surface area (Å²) in [6, 6.07) is 9.28. The summed E-state index contributed by atoms with van der Waals surface area (Å²) in [5, 5.41) is 21.4. The van der Waals surface area contributed by atoms with Crippen molar-refractivity contribution in [1.82, 2.24) is 21.3 Å². The van der Waals surface area contributed by atoms with Crippen LogP contribution in [0.15, 0.2) is 42.5 Å². The first kappa shape index (κ1) is 32.9. The lowest BCUT2D eigenvalue weighted by Gasteiger charge is -2.26. The van der Waals surface area contributed by atoms with Gasteiger partial charge in [-0.3, -0.25) is 14.4 Å². The normalized spacial score (nSPS) is 13.0. The number of urea groups is 1. The van der Waals surface area contributed by atoms with Crippen molar-refractivity contribution in [2.45, 2.75) is 64.9 Å². The molecule has 0 saturated heterocycles. The smallest absolute Gasteiger partial charge is 0.315 e. The SMILES string of the molecule is CCC(NC(=O)[C@H](CC(C)C)NC(=O)NCc1ccc(C(N)=O)cc1)C(O)C(=O)NCc1cc(OC)cc(OC)c1. The number of rotatable bonds is 15. The topological polar surface area (TPSA) is 181 Å². The van der Waals surface area contributed by atoms with E-state index in [2.05, 4.69) is 21.3 Å². The minimum atomic E-state index is -1.52. The van der Waals surface area contributed by atoms with Crippen molar-refractivity contribution in [2.75, 3.05) is 14.2 Å². The van der Waals surface area contributed by atoms with E-state index in [1.54, 1.807) is 49.4 Å². The van der Waals surface area contributed by atoms with Gasteiger partial charge in [-0.15, -0.1) is 0 Å². The number of methoxy groups -OCH3 is 2. The van der Waals surface area contributed by atoms with Gasteiger partial charge in [0, 0.05) is 24.7 Å². The zero-order valence-corrected chi connectivity index (χ0v) is 24.2. The zero-order valence-electron chi connectivity index (χ0n) is 24.2. The average Bonchev–Trinajstić information content (AvgIpc) is 2.96. The second-order valence-electron chi connectivity index (χ2n) is 9.98. The molecule has 0 aliphatic carbocycles. The third-order valence-corrected chi connectivity index (χ3v) is 6.32. The highest BCUT2D eigenvalue weighted by Crippen LogP contribution is 2.22. The molecule has 41 heavy (non-hydrogen) atoms. The van der Waals surface area contributed by atoms with Gasteiger partial charge < -0.3 is 41.6 Å². The van der Waals surface area contributed by atoms with Crippen LogP contribution in [0.4, 0.5) is 4.79 Å². The molecule has 2 rings (SSSR count). The maximum atomic E-state index is 13.1. The van der Waals surface area contributed by atoms with Crippen LogP contribution >= 0.6 is 0 Å². The molecule has 2 unspecified atom stereocenters. The van der Waals surface area contributed by atoms with Gasteiger partial charge in [0.25, 0.3) is 5.91 Å². The lowest BCUT2D eigenvalue weighted by atomic mass is 10.0. The van der Waals surface area contributed by atoms with Crippen LogP contribution in [0.25, 0.3) is 0 Å². The molecule has 0 spiro atoms. The molecule has 3 atom stereocenters. The van der Waals surface area contributed by atoms with Crippen LogP contribution in [0.2, 0.25) is 0 Å². The van der Waals surface area contributed by atoms with Gasteiger partial charge in [-0.05, 0) is 54.2 Å². The number of carbonyl (C=O) groups is 4. The predicted molar refractivity (Wildman–Crippen MR) is 153 cm³/mol. The number of primary amides is 1. The number of carbonyl (C=O) groups excluding carboxylic acids is 4. The number of benzene rings is 2. The van der Waals surface area contributed by atoms with Gasteiger partial charge in [0.1, 0.15) is 17.5 Å². The molecule has 0 heterocycles. The molecule has 7 N–H and O–H groups in total. The van der Waals surface area contributed by atoms with E-state index in [-0.39, 0.29) is 25.4 Å². The van der Waals surface area contributed by atoms with E-state index in [4.69, 9.17) is 15.2 Å². The first-order chi connectivity index (χ1) is 19.5. The van der Waals surface area contributed by atoms with Crippen molar-refractivity contribution in [3.05, 3.63) is 59.2 Å². The molecule has 0 saturated carbocycles. The summed E-state index contributed by atoms with van der Waals surface area (Å²) in [5.74, 6) is -0.540. The minimum Gasteiger partial charge on any atom is -0.497 e. The molecule has 0 radical (unpaired) electrons. The van der Waals surface area contributed by atoms with E-state index in [0.29, 0.717) is 29.0 Å². The molecule has 0 fully saturated rings. The number of aliphatic hydroxyl groups excluding tert-OH is 1. The van der Waals surface area contributed by atoms with Gasteiger partial charge in [-0.25, -0.2) is 4.79 Å². The highest BCUT2D eigenvalue weighted by Gasteiger charge is 2.30. The second kappa shape index (κ2) is 16.1. The van der Waals surface area contributed by atoms with E-state index in [0.717, 1.165) is 5.56 Å². The van der Waals surface area contributed by atoms with E-state index < -0.39 is 41.9 Å². The molecule has 224 valence electrons. The van der Waals surface area contributed by atoms with E-state index >= 15 is 0 Å². The van der Waals surface area contributed by atoms with Crippen LogP contribution in [0.1, 0.15) is 55.1 Å². The Morgan fingerprint density at radius 2 is 1.44 bits per heavy atom. The molecule has 0 aromatic heterocycles. The molecular weight excluding hydrogens is 530 g/mol. The van der Waals surface area contributed by atoms with Gasteiger partial charge in [-0.1, -0.05) is 32.9 Å². The highest BCUT2D eigenvalue weighted by atomic mass is 16.5. The summed E-state index contributed by atoms with van der Waals surface area (Å²) >= 11 is 0. The van der Waals surface area contributed by atoms with Gasteiger partial charge >= 0.3 is 6.03 Å². The monoisotopic (exact) mass is 571 g/mol. The van der Waals surface area contributed by atoms with Gasteiger partial charge in [0.15, 0.2) is 6.10 Å². The largest absolute Gasteiger partial charge is 0.497 e. The van der Waals surface area contributed by atoms with Crippen molar-refractivity contribution in [3.8, 4) is 11.5 Å². The first-order valence-corrected chi connectivity index (χ1v) is 13.4. The van der Waals surface area contributed by atoms with Crippen LogP contribution in [0, 0.1) is 5.92 Å². The first-order valence-electron chi connectivity index (χ1n) is 13.4. The molecule has 0 bridgehead atoms. The third-order valence-electron chi connectivity index (χ3n) is 6.32. The summed E-state index contributed by atoms with van der Waals surface area (Å²) in [7, 11) is 3.04. The summed E-state index contributed by atoms with van der Waals surface area (Å²) in [4.78, 5) is 49.7. The summed E-state index contributed by atoms with van der Waals surface area (Å²) in [6.45, 7) is 5.82. The minimum absolute atomic E-state index is 0.0700. The van der Waals surface area contributed by atoms with Crippen LogP contribution < -0.4 is 36.5 Å². The van der Waals surface area contributed by atoms with Crippen molar-refractivity contribution in [1.29, 1.82) is 0 Å². The molecule has 5 amide bonds. The summed E-state index contributed by atoms with van der Waals surface area (Å²) < 4.78 is 10.5. The number of nitrogens with two attached hydrogens (primary N) is 1. The number of ether oxygens (including phenoxy) is 2. The molecule has 2 aromatic carbocycles. The van der Waals surface area contributed by atoms with E-state index in [9.17, 15) is 24.3 Å². The fourth-order valence-corrected chi connectivity index (χ4v) is 4.01. The number of aliphatic hydroxyl groups is 1. The van der Waals surface area contributed by atoms with Crippen molar-refractivity contribution in [3.63, 3.8) is 0 Å². The Morgan fingerprint density at radius 1 is 0.854 bits per heavy atom. The lowest BCUT2D eigenvalue weighted by Crippen LogP contribution is -2.56. The van der Waals surface area contributed by atoms with E-state index in [1.165, 1.54) is 14.2 Å². The van der Waals surface area contributed by atoms with Crippen LogP contribution in [0.3, 0.4) is 0 Å². The maximum Gasteiger partial charge on any atom is 0.315 e. The lowest BCUT2D eigenvalue weighted by molar-refractivity contribution is -0.132. The molecule has 12 nitrogen and oxygen atoms in total. The Morgan fingerprint density at radius 3 is 1.95 bits per heavy atom. The maximum absolute atomic E-state index is 13.1. The Labute approximate surface area is 240 Å². The van der Waals surface area contributed by atoms with Gasteiger partial charge in [0.05, 0.1) is 20.3 Å².